The largest absolute Gasteiger partial charge is 0.466 e. The number of rotatable bonds is 6. The molecule has 5 heteroatoms. The molecule has 0 atom stereocenters. The minimum absolute atomic E-state index is 0.130. The molecule has 1 amide bonds. The number of hydrogen-bond donors (Lipinski definition) is 1. The molecule has 0 bridgehead atoms. The van der Waals surface area contributed by atoms with Gasteiger partial charge in [-0.3, -0.25) is 9.59 Å². The number of likely N-dealkylation sites (tertiary alicyclic amines) is 1. The monoisotopic (exact) mass is 256 g/mol. The van der Waals surface area contributed by atoms with Crippen LogP contribution in [0.2, 0.25) is 0 Å². The van der Waals surface area contributed by atoms with E-state index in [0.717, 1.165) is 31.8 Å². The second-order valence-corrected chi connectivity index (χ2v) is 4.80. The van der Waals surface area contributed by atoms with Crippen LogP contribution in [-0.2, 0) is 14.3 Å². The van der Waals surface area contributed by atoms with Gasteiger partial charge in [0.2, 0.25) is 5.91 Å². The summed E-state index contributed by atoms with van der Waals surface area (Å²) in [5.41, 5.74) is 0. The highest BCUT2D eigenvalue weighted by molar-refractivity contribution is 5.78. The molecule has 1 heterocycles. The van der Waals surface area contributed by atoms with Gasteiger partial charge in [0.25, 0.3) is 0 Å². The van der Waals surface area contributed by atoms with Crippen molar-refractivity contribution in [3.63, 3.8) is 0 Å². The third-order valence-corrected chi connectivity index (χ3v) is 3.22. The highest BCUT2D eigenvalue weighted by Gasteiger charge is 2.19. The molecular weight excluding hydrogens is 232 g/mol. The summed E-state index contributed by atoms with van der Waals surface area (Å²) in [6.07, 6.45) is 2.50. The molecule has 0 aromatic heterocycles. The summed E-state index contributed by atoms with van der Waals surface area (Å²) in [5, 5.41) is 2.99. The number of piperidine rings is 1. The Balaban J connectivity index is 2.08. The van der Waals surface area contributed by atoms with Crippen molar-refractivity contribution in [2.24, 2.45) is 5.92 Å². The molecule has 0 aromatic rings. The highest BCUT2D eigenvalue weighted by atomic mass is 16.5. The molecule has 0 radical (unpaired) electrons. The normalized spacial score (nSPS) is 16.7. The maximum atomic E-state index is 11.8. The summed E-state index contributed by atoms with van der Waals surface area (Å²) in [6.45, 7) is 6.94. The van der Waals surface area contributed by atoms with Crippen LogP contribution in [0.5, 0.6) is 0 Å². The molecular formula is C13H24N2O3. The third kappa shape index (κ3) is 5.49. The summed E-state index contributed by atoms with van der Waals surface area (Å²) in [7, 11) is 0. The van der Waals surface area contributed by atoms with Crippen molar-refractivity contribution >= 4 is 11.9 Å². The van der Waals surface area contributed by atoms with Gasteiger partial charge in [-0.2, -0.15) is 0 Å². The van der Waals surface area contributed by atoms with Crippen LogP contribution in [0, 0.1) is 5.92 Å². The van der Waals surface area contributed by atoms with E-state index in [4.69, 9.17) is 4.74 Å². The molecule has 1 N–H and O–H groups in total. The second-order valence-electron chi connectivity index (χ2n) is 4.80. The molecule has 0 unspecified atom stereocenters. The van der Waals surface area contributed by atoms with Gasteiger partial charge >= 0.3 is 5.97 Å². The highest BCUT2D eigenvalue weighted by Crippen LogP contribution is 2.15. The lowest BCUT2D eigenvalue weighted by molar-refractivity contribution is -0.143. The first kappa shape index (κ1) is 15.0. The zero-order valence-electron chi connectivity index (χ0n) is 11.4. The van der Waals surface area contributed by atoms with E-state index in [0.29, 0.717) is 26.1 Å². The molecule has 18 heavy (non-hydrogen) atoms. The van der Waals surface area contributed by atoms with Crippen molar-refractivity contribution in [1.82, 2.24) is 10.2 Å². The van der Waals surface area contributed by atoms with Crippen LogP contribution in [0.1, 0.15) is 33.1 Å². The van der Waals surface area contributed by atoms with Crippen LogP contribution >= 0.6 is 0 Å². The average Bonchev–Trinajstić information content (AvgIpc) is 2.35. The van der Waals surface area contributed by atoms with Crippen LogP contribution in [0.3, 0.4) is 0 Å². The number of nitrogens with one attached hydrogen (secondary N) is 1. The van der Waals surface area contributed by atoms with E-state index in [2.05, 4.69) is 12.2 Å². The molecule has 1 saturated heterocycles. The lowest BCUT2D eigenvalue weighted by atomic mass is 9.99. The Labute approximate surface area is 109 Å². The number of carbonyl (C=O) groups excluding carboxylic acids is 2. The van der Waals surface area contributed by atoms with E-state index < -0.39 is 0 Å². The molecule has 1 aliphatic heterocycles. The van der Waals surface area contributed by atoms with Crippen LogP contribution in [0.25, 0.3) is 0 Å². The molecule has 1 fully saturated rings. The molecule has 5 nitrogen and oxygen atoms in total. The smallest absolute Gasteiger partial charge is 0.307 e. The van der Waals surface area contributed by atoms with Gasteiger partial charge in [-0.15, -0.1) is 0 Å². The van der Waals surface area contributed by atoms with Crippen LogP contribution in [0.4, 0.5) is 0 Å². The number of hydrogen-bond acceptors (Lipinski definition) is 4. The van der Waals surface area contributed by atoms with Crippen LogP contribution in [-0.4, -0.2) is 49.6 Å². The van der Waals surface area contributed by atoms with E-state index in [-0.39, 0.29) is 11.9 Å². The van der Waals surface area contributed by atoms with E-state index in [9.17, 15) is 9.59 Å². The molecule has 1 aliphatic rings. The standard InChI is InChI=1S/C13H24N2O3/c1-3-18-13(17)4-7-14-10-12(16)15-8-5-11(2)6-9-15/h11,14H,3-10H2,1-2H3. The summed E-state index contributed by atoms with van der Waals surface area (Å²) < 4.78 is 4.80. The maximum Gasteiger partial charge on any atom is 0.307 e. The summed E-state index contributed by atoms with van der Waals surface area (Å²) in [6, 6.07) is 0. The molecule has 0 spiro atoms. The lowest BCUT2D eigenvalue weighted by Crippen LogP contribution is -2.42. The minimum Gasteiger partial charge on any atom is -0.466 e. The van der Waals surface area contributed by atoms with Gasteiger partial charge in [0, 0.05) is 19.6 Å². The molecule has 104 valence electrons. The van der Waals surface area contributed by atoms with Gasteiger partial charge in [0.15, 0.2) is 0 Å². The Bertz CT molecular complexity index is 273. The van der Waals surface area contributed by atoms with Gasteiger partial charge in [0.1, 0.15) is 0 Å². The Morgan fingerprint density at radius 1 is 1.33 bits per heavy atom. The minimum atomic E-state index is -0.218. The van der Waals surface area contributed by atoms with Crippen molar-refractivity contribution in [1.29, 1.82) is 0 Å². The fourth-order valence-electron chi connectivity index (χ4n) is 1.99. The zero-order chi connectivity index (χ0) is 13.4. The SMILES string of the molecule is CCOC(=O)CCNCC(=O)N1CCC(C)CC1. The Morgan fingerprint density at radius 3 is 2.61 bits per heavy atom. The topological polar surface area (TPSA) is 58.6 Å². The Morgan fingerprint density at radius 2 is 2.00 bits per heavy atom. The summed E-state index contributed by atoms with van der Waals surface area (Å²) >= 11 is 0. The third-order valence-electron chi connectivity index (χ3n) is 3.22. The predicted molar refractivity (Wildman–Crippen MR) is 69.1 cm³/mol. The lowest BCUT2D eigenvalue weighted by Gasteiger charge is -2.30. The Hall–Kier alpha value is -1.10. The average molecular weight is 256 g/mol. The summed E-state index contributed by atoms with van der Waals surface area (Å²) in [5.74, 6) is 0.640. The first-order valence-electron chi connectivity index (χ1n) is 6.77. The molecule has 0 aliphatic carbocycles. The Kier molecular flexibility index (Phi) is 6.72. The molecule has 0 saturated carbocycles. The summed E-state index contributed by atoms with van der Waals surface area (Å²) in [4.78, 5) is 24.8. The zero-order valence-corrected chi connectivity index (χ0v) is 11.4. The van der Waals surface area contributed by atoms with Crippen molar-refractivity contribution in [3.8, 4) is 0 Å². The van der Waals surface area contributed by atoms with E-state index >= 15 is 0 Å². The number of nitrogens with zero attached hydrogens (tertiary/aromatic N) is 1. The van der Waals surface area contributed by atoms with Gasteiger partial charge < -0.3 is 15.0 Å². The molecule has 1 rings (SSSR count). The first-order valence-corrected chi connectivity index (χ1v) is 6.77. The van der Waals surface area contributed by atoms with E-state index in [1.165, 1.54) is 0 Å². The van der Waals surface area contributed by atoms with Gasteiger partial charge in [0.05, 0.1) is 19.6 Å². The van der Waals surface area contributed by atoms with Crippen LogP contribution < -0.4 is 5.32 Å². The number of esters is 1. The van der Waals surface area contributed by atoms with E-state index in [1.807, 2.05) is 4.90 Å². The number of amides is 1. The van der Waals surface area contributed by atoms with Gasteiger partial charge in [-0.25, -0.2) is 0 Å². The van der Waals surface area contributed by atoms with Gasteiger partial charge in [-0.05, 0) is 25.7 Å². The first-order chi connectivity index (χ1) is 8.63. The molecule has 0 aromatic carbocycles. The second kappa shape index (κ2) is 8.08. The quantitative estimate of drug-likeness (QED) is 0.564. The van der Waals surface area contributed by atoms with Crippen molar-refractivity contribution < 1.29 is 14.3 Å². The maximum absolute atomic E-state index is 11.8. The number of ether oxygens (including phenoxy) is 1. The van der Waals surface area contributed by atoms with Crippen molar-refractivity contribution in [3.05, 3.63) is 0 Å². The predicted octanol–water partition coefficient (Wildman–Crippen LogP) is 0.788. The fraction of sp³-hybridized carbons (Fsp3) is 0.846. The van der Waals surface area contributed by atoms with Gasteiger partial charge in [-0.1, -0.05) is 6.92 Å². The van der Waals surface area contributed by atoms with Crippen molar-refractivity contribution in [2.75, 3.05) is 32.8 Å². The van der Waals surface area contributed by atoms with E-state index in [1.54, 1.807) is 6.92 Å². The van der Waals surface area contributed by atoms with Crippen LogP contribution in [0.15, 0.2) is 0 Å². The fourth-order valence-corrected chi connectivity index (χ4v) is 1.99. The van der Waals surface area contributed by atoms with Crippen molar-refractivity contribution in [2.45, 2.75) is 33.1 Å². The number of carbonyl (C=O) groups is 2.